The Hall–Kier alpha value is -1.06. The average Bonchev–Trinajstić information content (AvgIpc) is 2.24. The summed E-state index contributed by atoms with van der Waals surface area (Å²) in [4.78, 5) is 4.11. The molecule has 0 radical (unpaired) electrons. The highest BCUT2D eigenvalue weighted by Crippen LogP contribution is 2.31. The van der Waals surface area contributed by atoms with Crippen molar-refractivity contribution in [3.05, 3.63) is 51.6 Å². The van der Waals surface area contributed by atoms with Crippen molar-refractivity contribution in [2.45, 2.75) is 6.92 Å². The Bertz CT molecular complexity index is 516. The lowest BCUT2D eigenvalue weighted by Crippen LogP contribution is -1.89. The quantitative estimate of drug-likeness (QED) is 0.808. The van der Waals surface area contributed by atoms with Crippen LogP contribution < -0.4 is 4.74 Å². The van der Waals surface area contributed by atoms with Crippen LogP contribution in [-0.4, -0.2) is 4.98 Å². The minimum atomic E-state index is 0.542. The number of rotatable bonds is 2. The first-order valence-electron chi connectivity index (χ1n) is 4.71. The van der Waals surface area contributed by atoms with Crippen LogP contribution in [0, 0.1) is 6.92 Å². The zero-order valence-corrected chi connectivity index (χ0v) is 10.9. The van der Waals surface area contributed by atoms with E-state index in [1.165, 1.54) is 0 Å². The molecule has 0 amide bonds. The molecule has 2 nitrogen and oxygen atoms in total. The fraction of sp³-hybridized carbons (Fsp3) is 0.0833. The van der Waals surface area contributed by atoms with Gasteiger partial charge in [-0.15, -0.1) is 0 Å². The molecular weight excluding hydrogens is 289 g/mol. The van der Waals surface area contributed by atoms with Crippen molar-refractivity contribution in [1.29, 1.82) is 0 Å². The summed E-state index contributed by atoms with van der Waals surface area (Å²) in [6, 6.07) is 9.22. The van der Waals surface area contributed by atoms with Crippen molar-refractivity contribution >= 4 is 27.5 Å². The summed E-state index contributed by atoms with van der Waals surface area (Å²) in [6.07, 6.45) is 1.70. The first-order chi connectivity index (χ1) is 7.65. The molecule has 82 valence electrons. The van der Waals surface area contributed by atoms with Gasteiger partial charge in [0.05, 0.1) is 5.02 Å². The average molecular weight is 299 g/mol. The second-order valence-electron chi connectivity index (χ2n) is 3.35. The molecule has 0 bridgehead atoms. The Morgan fingerprint density at radius 1 is 1.25 bits per heavy atom. The molecule has 0 unspecified atom stereocenters. The molecule has 4 heteroatoms. The second-order valence-corrected chi connectivity index (χ2v) is 4.67. The summed E-state index contributed by atoms with van der Waals surface area (Å²) in [7, 11) is 0. The number of aryl methyl sites for hydroxylation is 1. The highest BCUT2D eigenvalue weighted by molar-refractivity contribution is 9.10. The number of halogens is 2. The van der Waals surface area contributed by atoms with Crippen molar-refractivity contribution in [2.24, 2.45) is 0 Å². The van der Waals surface area contributed by atoms with E-state index in [1.54, 1.807) is 12.3 Å². The molecule has 0 aliphatic rings. The Labute approximate surface area is 107 Å². The minimum Gasteiger partial charge on any atom is -0.437 e. The van der Waals surface area contributed by atoms with Crippen molar-refractivity contribution in [2.75, 3.05) is 0 Å². The van der Waals surface area contributed by atoms with E-state index in [9.17, 15) is 0 Å². The lowest BCUT2D eigenvalue weighted by Gasteiger charge is -2.07. The number of nitrogens with zero attached hydrogens (tertiary/aromatic N) is 1. The molecule has 1 aromatic carbocycles. The molecule has 0 aliphatic heterocycles. The third-order valence-corrected chi connectivity index (χ3v) is 2.80. The molecule has 2 aromatic rings. The Kier molecular flexibility index (Phi) is 3.46. The van der Waals surface area contributed by atoms with Crippen LogP contribution in [0.15, 0.2) is 41.0 Å². The number of ether oxygens (including phenoxy) is 1. The van der Waals surface area contributed by atoms with Gasteiger partial charge < -0.3 is 4.74 Å². The summed E-state index contributed by atoms with van der Waals surface area (Å²) in [6.45, 7) is 1.98. The van der Waals surface area contributed by atoms with Crippen LogP contribution in [0.5, 0.6) is 11.6 Å². The normalized spacial score (nSPS) is 10.2. The van der Waals surface area contributed by atoms with E-state index >= 15 is 0 Å². The molecule has 0 saturated heterocycles. The lowest BCUT2D eigenvalue weighted by molar-refractivity contribution is 0.462. The summed E-state index contributed by atoms with van der Waals surface area (Å²) >= 11 is 9.38. The number of hydrogen-bond acceptors (Lipinski definition) is 2. The van der Waals surface area contributed by atoms with Crippen LogP contribution in [0.25, 0.3) is 0 Å². The van der Waals surface area contributed by atoms with Crippen molar-refractivity contribution in [3.63, 3.8) is 0 Å². The number of aromatic nitrogens is 1. The number of pyridine rings is 1. The van der Waals surface area contributed by atoms with E-state index in [1.807, 2.05) is 31.2 Å². The van der Waals surface area contributed by atoms with E-state index in [0.29, 0.717) is 16.7 Å². The monoisotopic (exact) mass is 297 g/mol. The van der Waals surface area contributed by atoms with Crippen molar-refractivity contribution in [1.82, 2.24) is 4.98 Å². The zero-order valence-electron chi connectivity index (χ0n) is 8.58. The Balaban J connectivity index is 2.30. The maximum atomic E-state index is 6.01. The topological polar surface area (TPSA) is 22.1 Å². The summed E-state index contributed by atoms with van der Waals surface area (Å²) in [5.41, 5.74) is 1.09. The van der Waals surface area contributed by atoms with Gasteiger partial charge in [-0.25, -0.2) is 4.98 Å². The van der Waals surface area contributed by atoms with Gasteiger partial charge in [-0.05, 0) is 36.8 Å². The van der Waals surface area contributed by atoms with E-state index in [-0.39, 0.29) is 0 Å². The third kappa shape index (κ3) is 2.74. The van der Waals surface area contributed by atoms with E-state index in [2.05, 4.69) is 20.9 Å². The molecule has 0 saturated carbocycles. The predicted octanol–water partition coefficient (Wildman–Crippen LogP) is 4.60. The van der Waals surface area contributed by atoms with Gasteiger partial charge in [0.25, 0.3) is 0 Å². The van der Waals surface area contributed by atoms with Crippen molar-refractivity contribution in [3.8, 4) is 11.6 Å². The molecule has 2 rings (SSSR count). The predicted molar refractivity (Wildman–Crippen MR) is 68.2 cm³/mol. The van der Waals surface area contributed by atoms with Crippen LogP contribution in [0.1, 0.15) is 5.56 Å². The van der Waals surface area contributed by atoms with Gasteiger partial charge in [0.1, 0.15) is 5.75 Å². The van der Waals surface area contributed by atoms with Crippen LogP contribution in [0.3, 0.4) is 0 Å². The number of hydrogen-bond donors (Lipinski definition) is 0. The Morgan fingerprint density at radius 2 is 2.06 bits per heavy atom. The Morgan fingerprint density at radius 3 is 2.81 bits per heavy atom. The fourth-order valence-electron chi connectivity index (χ4n) is 1.23. The summed E-state index contributed by atoms with van der Waals surface area (Å²) < 4.78 is 6.51. The maximum absolute atomic E-state index is 6.01. The molecule has 1 heterocycles. The van der Waals surface area contributed by atoms with Crippen molar-refractivity contribution < 1.29 is 4.74 Å². The molecule has 0 atom stereocenters. The highest BCUT2D eigenvalue weighted by Gasteiger charge is 2.04. The van der Waals surface area contributed by atoms with E-state index in [4.69, 9.17) is 16.3 Å². The molecule has 0 spiro atoms. The largest absolute Gasteiger partial charge is 0.437 e. The molecule has 0 aliphatic carbocycles. The van der Waals surface area contributed by atoms with Crippen LogP contribution in [0.4, 0.5) is 0 Å². The second kappa shape index (κ2) is 4.85. The van der Waals surface area contributed by atoms with Crippen LogP contribution in [-0.2, 0) is 0 Å². The van der Waals surface area contributed by atoms with Gasteiger partial charge in [0, 0.05) is 16.7 Å². The first kappa shape index (κ1) is 11.4. The lowest BCUT2D eigenvalue weighted by atomic mass is 10.3. The summed E-state index contributed by atoms with van der Waals surface area (Å²) in [5, 5.41) is 0.562. The van der Waals surface area contributed by atoms with Gasteiger partial charge in [-0.2, -0.15) is 0 Å². The number of benzene rings is 1. The molecule has 16 heavy (non-hydrogen) atoms. The minimum absolute atomic E-state index is 0.542. The third-order valence-electron chi connectivity index (χ3n) is 2.00. The summed E-state index contributed by atoms with van der Waals surface area (Å²) in [5.74, 6) is 1.13. The molecule has 1 aromatic heterocycles. The van der Waals surface area contributed by atoms with Gasteiger partial charge in [0.2, 0.25) is 5.88 Å². The zero-order chi connectivity index (χ0) is 11.5. The SMILES string of the molecule is Cc1ccnc(Oc2cc(Br)ccc2Cl)c1. The maximum Gasteiger partial charge on any atom is 0.219 e. The van der Waals surface area contributed by atoms with Gasteiger partial charge in [-0.1, -0.05) is 27.5 Å². The highest BCUT2D eigenvalue weighted by atomic mass is 79.9. The van der Waals surface area contributed by atoms with E-state index in [0.717, 1.165) is 10.0 Å². The smallest absolute Gasteiger partial charge is 0.219 e. The molecule has 0 N–H and O–H groups in total. The van der Waals surface area contributed by atoms with Crippen LogP contribution in [0.2, 0.25) is 5.02 Å². The first-order valence-corrected chi connectivity index (χ1v) is 5.88. The van der Waals surface area contributed by atoms with Gasteiger partial charge >= 0.3 is 0 Å². The molecular formula is C12H9BrClNO. The standard InChI is InChI=1S/C12H9BrClNO/c1-8-4-5-15-12(6-8)16-11-7-9(13)2-3-10(11)14/h2-7H,1H3. The fourth-order valence-corrected chi connectivity index (χ4v) is 1.73. The molecule has 0 fully saturated rings. The van der Waals surface area contributed by atoms with Crippen LogP contribution >= 0.6 is 27.5 Å². The van der Waals surface area contributed by atoms with Gasteiger partial charge in [-0.3, -0.25) is 0 Å². The van der Waals surface area contributed by atoms with E-state index < -0.39 is 0 Å². The van der Waals surface area contributed by atoms with Gasteiger partial charge in [0.15, 0.2) is 0 Å².